The molecule has 1 aliphatic rings. The molecule has 0 amide bonds. The van der Waals surface area contributed by atoms with Crippen molar-refractivity contribution in [2.45, 2.75) is 29.6 Å². The van der Waals surface area contributed by atoms with Crippen molar-refractivity contribution in [3.63, 3.8) is 0 Å². The first-order valence-corrected chi connectivity index (χ1v) is 10.1. The Kier molecular flexibility index (Phi) is 4.44. The molecule has 0 bridgehead atoms. The Balaban J connectivity index is 2.48. The second kappa shape index (κ2) is 5.63. The fourth-order valence-electron chi connectivity index (χ4n) is 1.99. The summed E-state index contributed by atoms with van der Waals surface area (Å²) in [4.78, 5) is -0.617. The van der Waals surface area contributed by atoms with Crippen LogP contribution in [0.5, 0.6) is 0 Å². The van der Waals surface area contributed by atoms with Crippen LogP contribution in [0.4, 0.5) is 0 Å². The van der Waals surface area contributed by atoms with E-state index in [0.29, 0.717) is 19.0 Å². The van der Waals surface area contributed by atoms with E-state index in [2.05, 4.69) is 0 Å². The first-order chi connectivity index (χ1) is 9.26. The van der Waals surface area contributed by atoms with Gasteiger partial charge in [0.25, 0.3) is 9.05 Å². The minimum atomic E-state index is -4.10. The molecule has 1 aromatic rings. The smallest absolute Gasteiger partial charge is 0.207 e. The van der Waals surface area contributed by atoms with Crippen LogP contribution in [0, 0.1) is 5.92 Å². The molecule has 0 spiro atoms. The molecule has 8 heteroatoms. The van der Waals surface area contributed by atoms with Crippen LogP contribution >= 0.6 is 10.7 Å². The maximum atomic E-state index is 12.6. The van der Waals surface area contributed by atoms with Gasteiger partial charge < -0.3 is 0 Å². The van der Waals surface area contributed by atoms with E-state index < -0.39 is 19.1 Å². The molecular formula is C12H16ClNO4S2. The van der Waals surface area contributed by atoms with E-state index in [9.17, 15) is 16.8 Å². The zero-order valence-electron chi connectivity index (χ0n) is 11.0. The highest BCUT2D eigenvalue weighted by Crippen LogP contribution is 2.33. The Morgan fingerprint density at radius 3 is 2.15 bits per heavy atom. The van der Waals surface area contributed by atoms with E-state index in [1.165, 1.54) is 28.6 Å². The van der Waals surface area contributed by atoms with Gasteiger partial charge >= 0.3 is 0 Å². The quantitative estimate of drug-likeness (QED) is 0.745. The summed E-state index contributed by atoms with van der Waals surface area (Å²) in [6.45, 7) is 2.46. The van der Waals surface area contributed by atoms with Crippen molar-refractivity contribution in [2.24, 2.45) is 5.92 Å². The molecule has 0 radical (unpaired) electrons. The van der Waals surface area contributed by atoms with Crippen molar-refractivity contribution >= 4 is 29.8 Å². The lowest BCUT2D eigenvalue weighted by molar-refractivity contribution is 0.410. The lowest BCUT2D eigenvalue weighted by atomic mass is 10.4. The number of nitrogens with zero attached hydrogens (tertiary/aromatic N) is 1. The van der Waals surface area contributed by atoms with Crippen LogP contribution in [0.15, 0.2) is 34.1 Å². The number of benzene rings is 1. The summed E-state index contributed by atoms with van der Waals surface area (Å²) in [5, 5.41) is 0. The summed E-state index contributed by atoms with van der Waals surface area (Å²) in [6.07, 6.45) is 2.03. The predicted molar refractivity (Wildman–Crippen MR) is 76.6 cm³/mol. The summed E-state index contributed by atoms with van der Waals surface area (Å²) >= 11 is 0. The summed E-state index contributed by atoms with van der Waals surface area (Å²) in [7, 11) is -2.63. The van der Waals surface area contributed by atoms with Gasteiger partial charge in [-0.2, -0.15) is 4.31 Å². The first-order valence-electron chi connectivity index (χ1n) is 6.30. The third-order valence-corrected chi connectivity index (χ3v) is 6.75. The normalized spacial score (nSPS) is 16.6. The van der Waals surface area contributed by atoms with Gasteiger partial charge in [0.1, 0.15) is 9.79 Å². The molecule has 1 fully saturated rings. The van der Waals surface area contributed by atoms with Crippen LogP contribution in [0.25, 0.3) is 0 Å². The summed E-state index contributed by atoms with van der Waals surface area (Å²) in [6, 6.07) is 5.43. The molecular weight excluding hydrogens is 322 g/mol. The average molecular weight is 338 g/mol. The topological polar surface area (TPSA) is 71.5 Å². The van der Waals surface area contributed by atoms with Crippen molar-refractivity contribution in [1.29, 1.82) is 0 Å². The first kappa shape index (κ1) is 15.8. The zero-order valence-corrected chi connectivity index (χ0v) is 13.4. The second-order valence-corrected chi connectivity index (χ2v) is 9.22. The SMILES string of the molecule is CCN(CC1CC1)S(=O)(=O)c1ccccc1S(=O)(=O)Cl. The van der Waals surface area contributed by atoms with Crippen molar-refractivity contribution in [1.82, 2.24) is 4.31 Å². The molecule has 1 aromatic carbocycles. The predicted octanol–water partition coefficient (Wildman–Crippen LogP) is 2.03. The number of halogens is 1. The third kappa shape index (κ3) is 3.33. The van der Waals surface area contributed by atoms with E-state index in [4.69, 9.17) is 10.7 Å². The van der Waals surface area contributed by atoms with Gasteiger partial charge in [0, 0.05) is 23.8 Å². The van der Waals surface area contributed by atoms with E-state index >= 15 is 0 Å². The minimum Gasteiger partial charge on any atom is -0.207 e. The lowest BCUT2D eigenvalue weighted by Gasteiger charge is -2.21. The molecule has 5 nitrogen and oxygen atoms in total. The van der Waals surface area contributed by atoms with E-state index in [-0.39, 0.29) is 9.79 Å². The van der Waals surface area contributed by atoms with Gasteiger partial charge in [0.15, 0.2) is 0 Å². The van der Waals surface area contributed by atoms with Crippen LogP contribution in [-0.4, -0.2) is 34.2 Å². The van der Waals surface area contributed by atoms with E-state index in [1.807, 2.05) is 0 Å². The molecule has 0 aromatic heterocycles. The Hall–Kier alpha value is -0.630. The molecule has 112 valence electrons. The van der Waals surface area contributed by atoms with Gasteiger partial charge in [-0.1, -0.05) is 19.1 Å². The molecule has 1 aliphatic carbocycles. The van der Waals surface area contributed by atoms with Crippen LogP contribution in [0.1, 0.15) is 19.8 Å². The molecule has 0 heterocycles. The zero-order chi connectivity index (χ0) is 15.0. The van der Waals surface area contributed by atoms with Gasteiger partial charge in [-0.3, -0.25) is 0 Å². The van der Waals surface area contributed by atoms with Gasteiger partial charge in [-0.15, -0.1) is 0 Å². The third-order valence-electron chi connectivity index (χ3n) is 3.24. The molecule has 0 N–H and O–H groups in total. The van der Waals surface area contributed by atoms with Gasteiger partial charge in [0.05, 0.1) is 0 Å². The van der Waals surface area contributed by atoms with Crippen molar-refractivity contribution < 1.29 is 16.8 Å². The summed E-state index contributed by atoms with van der Waals surface area (Å²) in [5.41, 5.74) is 0. The van der Waals surface area contributed by atoms with Crippen LogP contribution in [0.2, 0.25) is 0 Å². The number of rotatable bonds is 6. The summed E-state index contributed by atoms with van der Waals surface area (Å²) in [5.74, 6) is 0.379. The number of hydrogen-bond donors (Lipinski definition) is 0. The van der Waals surface area contributed by atoms with Crippen molar-refractivity contribution in [2.75, 3.05) is 13.1 Å². The monoisotopic (exact) mass is 337 g/mol. The second-order valence-electron chi connectivity index (χ2n) is 4.78. The molecule has 0 atom stereocenters. The lowest BCUT2D eigenvalue weighted by Crippen LogP contribution is -2.33. The van der Waals surface area contributed by atoms with Crippen LogP contribution < -0.4 is 0 Å². The Labute approximate surface area is 124 Å². The van der Waals surface area contributed by atoms with E-state index in [1.54, 1.807) is 6.92 Å². The maximum Gasteiger partial charge on any atom is 0.262 e. The van der Waals surface area contributed by atoms with Gasteiger partial charge in [0.2, 0.25) is 10.0 Å². The van der Waals surface area contributed by atoms with Crippen LogP contribution in [-0.2, 0) is 19.1 Å². The van der Waals surface area contributed by atoms with Crippen molar-refractivity contribution in [3.05, 3.63) is 24.3 Å². The Morgan fingerprint density at radius 2 is 1.70 bits per heavy atom. The highest BCUT2D eigenvalue weighted by molar-refractivity contribution is 8.14. The fraction of sp³-hybridized carbons (Fsp3) is 0.500. The summed E-state index contributed by atoms with van der Waals surface area (Å²) < 4.78 is 49.6. The maximum absolute atomic E-state index is 12.6. The largest absolute Gasteiger partial charge is 0.262 e. The van der Waals surface area contributed by atoms with Crippen LogP contribution in [0.3, 0.4) is 0 Å². The minimum absolute atomic E-state index is 0.252. The molecule has 20 heavy (non-hydrogen) atoms. The molecule has 0 aliphatic heterocycles. The fourth-order valence-corrected chi connectivity index (χ4v) is 5.32. The number of sulfonamides is 1. The van der Waals surface area contributed by atoms with E-state index in [0.717, 1.165) is 12.8 Å². The average Bonchev–Trinajstić information content (AvgIpc) is 3.18. The molecule has 2 rings (SSSR count). The van der Waals surface area contributed by atoms with Gasteiger partial charge in [-0.25, -0.2) is 16.8 Å². The highest BCUT2D eigenvalue weighted by atomic mass is 35.7. The molecule has 1 saturated carbocycles. The standard InChI is InChI=1S/C12H16ClNO4S2/c1-2-14(9-10-7-8-10)20(17,18)12-6-4-3-5-11(12)19(13,15)16/h3-6,10H,2,7-9H2,1H3. The Morgan fingerprint density at radius 1 is 1.15 bits per heavy atom. The Bertz CT molecular complexity index is 696. The van der Waals surface area contributed by atoms with Gasteiger partial charge in [-0.05, 0) is 30.9 Å². The number of hydrogen-bond acceptors (Lipinski definition) is 4. The highest BCUT2D eigenvalue weighted by Gasteiger charge is 2.33. The van der Waals surface area contributed by atoms with Crippen molar-refractivity contribution in [3.8, 4) is 0 Å². The molecule has 0 saturated heterocycles. The molecule has 0 unspecified atom stereocenters.